The van der Waals surface area contributed by atoms with E-state index in [1.165, 1.54) is 5.56 Å². The van der Waals surface area contributed by atoms with E-state index >= 15 is 0 Å². The molecule has 0 unspecified atom stereocenters. The summed E-state index contributed by atoms with van der Waals surface area (Å²) in [5.41, 5.74) is 4.21. The summed E-state index contributed by atoms with van der Waals surface area (Å²) in [6, 6.07) is 11.9. The van der Waals surface area contributed by atoms with Crippen molar-refractivity contribution >= 4 is 44.2 Å². The number of piperazine rings is 1. The second kappa shape index (κ2) is 9.38. The van der Waals surface area contributed by atoms with E-state index in [4.69, 9.17) is 16.6 Å². The van der Waals surface area contributed by atoms with E-state index in [1.807, 2.05) is 36.4 Å². The zero-order valence-electron chi connectivity index (χ0n) is 19.2. The fourth-order valence-electron chi connectivity index (χ4n) is 3.94. The van der Waals surface area contributed by atoms with E-state index in [-0.39, 0.29) is 11.3 Å². The second-order valence-electron chi connectivity index (χ2n) is 9.45. The van der Waals surface area contributed by atoms with Crippen molar-refractivity contribution in [2.75, 3.05) is 44.2 Å². The zero-order chi connectivity index (χ0) is 22.9. The number of anilines is 1. The Morgan fingerprint density at radius 3 is 2.41 bits per heavy atom. The quantitative estimate of drug-likeness (QED) is 0.563. The number of nitrogens with one attached hydrogen (secondary N) is 1. The Balaban J connectivity index is 1.25. The van der Waals surface area contributed by atoms with Crippen LogP contribution >= 0.6 is 22.9 Å². The fourth-order valence-corrected chi connectivity index (χ4v) is 5.31. The average Bonchev–Trinajstić information content (AvgIpc) is 3.23. The number of hydrogen-bond donors (Lipinski definition) is 1. The van der Waals surface area contributed by atoms with Crippen LogP contribution < -0.4 is 10.2 Å². The smallest absolute Gasteiger partial charge is 0.251 e. The Morgan fingerprint density at radius 2 is 1.78 bits per heavy atom. The Labute approximate surface area is 199 Å². The van der Waals surface area contributed by atoms with Gasteiger partial charge in [0, 0.05) is 44.8 Å². The normalized spacial score (nSPS) is 15.3. The van der Waals surface area contributed by atoms with Crippen molar-refractivity contribution < 1.29 is 4.79 Å². The molecule has 1 aliphatic rings. The lowest BCUT2D eigenvalue weighted by Crippen LogP contribution is -2.48. The first-order chi connectivity index (χ1) is 15.2. The summed E-state index contributed by atoms with van der Waals surface area (Å²) in [4.78, 5) is 22.0. The standard InChI is InChI=1S/C25H31ClN4OS/c1-17-5-10-20(26)22-21(17)28-24(32-22)30-15-13-29(14-16-30)12-11-27-23(31)18-6-8-19(9-7-18)25(2,3)4/h5-10H,11-16H2,1-4H3,(H,27,31). The van der Waals surface area contributed by atoms with Crippen LogP contribution in [0.1, 0.15) is 42.3 Å². The van der Waals surface area contributed by atoms with Gasteiger partial charge in [-0.2, -0.15) is 0 Å². The van der Waals surface area contributed by atoms with Crippen LogP contribution in [0.3, 0.4) is 0 Å². The van der Waals surface area contributed by atoms with Crippen LogP contribution in [-0.2, 0) is 5.41 Å². The largest absolute Gasteiger partial charge is 0.351 e. The van der Waals surface area contributed by atoms with E-state index in [0.29, 0.717) is 12.1 Å². The molecule has 2 heterocycles. The maximum atomic E-state index is 12.5. The molecule has 0 saturated carbocycles. The molecule has 0 aliphatic carbocycles. The minimum atomic E-state index is -0.00850. The van der Waals surface area contributed by atoms with E-state index in [9.17, 15) is 4.79 Å². The molecule has 1 aliphatic heterocycles. The third kappa shape index (κ3) is 5.08. The van der Waals surface area contributed by atoms with Gasteiger partial charge in [-0.1, -0.05) is 61.9 Å². The number of hydrogen-bond acceptors (Lipinski definition) is 5. The number of aryl methyl sites for hydroxylation is 1. The van der Waals surface area contributed by atoms with Crippen molar-refractivity contribution in [3.8, 4) is 0 Å². The lowest BCUT2D eigenvalue weighted by Gasteiger charge is -2.34. The van der Waals surface area contributed by atoms with Crippen molar-refractivity contribution in [3.05, 3.63) is 58.1 Å². The fraction of sp³-hybridized carbons (Fsp3) is 0.440. The van der Waals surface area contributed by atoms with Gasteiger partial charge in [-0.15, -0.1) is 0 Å². The molecule has 0 atom stereocenters. The number of fused-ring (bicyclic) bond motifs is 1. The molecule has 1 N–H and O–H groups in total. The molecule has 170 valence electrons. The maximum absolute atomic E-state index is 12.5. The van der Waals surface area contributed by atoms with Crippen LogP contribution in [0, 0.1) is 6.92 Å². The number of halogens is 1. The van der Waals surface area contributed by atoms with Gasteiger partial charge in [-0.25, -0.2) is 4.98 Å². The highest BCUT2D eigenvalue weighted by Crippen LogP contribution is 2.35. The molecule has 5 nitrogen and oxygen atoms in total. The van der Waals surface area contributed by atoms with Gasteiger partial charge in [-0.3, -0.25) is 9.69 Å². The van der Waals surface area contributed by atoms with Crippen LogP contribution in [0.15, 0.2) is 36.4 Å². The van der Waals surface area contributed by atoms with Gasteiger partial charge in [0.25, 0.3) is 5.91 Å². The first-order valence-electron chi connectivity index (χ1n) is 11.1. The SMILES string of the molecule is Cc1ccc(Cl)c2sc(N3CCN(CCNC(=O)c4ccc(C(C)(C)C)cc4)CC3)nc12. The van der Waals surface area contributed by atoms with Gasteiger partial charge in [0.2, 0.25) is 0 Å². The van der Waals surface area contributed by atoms with Crippen molar-refractivity contribution in [3.63, 3.8) is 0 Å². The van der Waals surface area contributed by atoms with E-state index < -0.39 is 0 Å². The summed E-state index contributed by atoms with van der Waals surface area (Å²) in [5.74, 6) is -0.00850. The molecule has 3 aromatic rings. The summed E-state index contributed by atoms with van der Waals surface area (Å²) in [6.45, 7) is 13.9. The molecule has 7 heteroatoms. The monoisotopic (exact) mass is 470 g/mol. The van der Waals surface area contributed by atoms with Crippen molar-refractivity contribution in [1.82, 2.24) is 15.2 Å². The van der Waals surface area contributed by atoms with Gasteiger partial charge in [0.15, 0.2) is 5.13 Å². The van der Waals surface area contributed by atoms with Gasteiger partial charge >= 0.3 is 0 Å². The highest BCUT2D eigenvalue weighted by Gasteiger charge is 2.21. The molecule has 1 saturated heterocycles. The molecular weight excluding hydrogens is 440 g/mol. The molecule has 2 aromatic carbocycles. The minimum absolute atomic E-state index is 0.00850. The predicted molar refractivity (Wildman–Crippen MR) is 135 cm³/mol. The number of rotatable bonds is 5. The molecule has 0 bridgehead atoms. The molecular formula is C25H31ClN4OS. The van der Waals surface area contributed by atoms with Gasteiger partial charge < -0.3 is 10.2 Å². The molecule has 0 spiro atoms. The Morgan fingerprint density at radius 1 is 1.09 bits per heavy atom. The average molecular weight is 471 g/mol. The van der Waals surface area contributed by atoms with Crippen LogP contribution in [0.25, 0.3) is 10.2 Å². The number of carbonyl (C=O) groups excluding carboxylic acids is 1. The molecule has 1 aromatic heterocycles. The summed E-state index contributed by atoms with van der Waals surface area (Å²) >= 11 is 8.04. The number of amides is 1. The highest BCUT2D eigenvalue weighted by atomic mass is 35.5. The van der Waals surface area contributed by atoms with Crippen LogP contribution in [0.2, 0.25) is 5.02 Å². The number of aromatic nitrogens is 1. The van der Waals surface area contributed by atoms with Crippen LogP contribution in [-0.4, -0.2) is 55.1 Å². The Kier molecular flexibility index (Phi) is 6.75. The number of thiazole rings is 1. The summed E-state index contributed by atoms with van der Waals surface area (Å²) < 4.78 is 1.07. The number of carbonyl (C=O) groups is 1. The molecule has 1 fully saturated rings. The molecule has 32 heavy (non-hydrogen) atoms. The van der Waals surface area contributed by atoms with Crippen LogP contribution in [0.5, 0.6) is 0 Å². The van der Waals surface area contributed by atoms with Crippen molar-refractivity contribution in [1.29, 1.82) is 0 Å². The van der Waals surface area contributed by atoms with E-state index in [0.717, 1.165) is 58.7 Å². The lowest BCUT2D eigenvalue weighted by molar-refractivity contribution is 0.0947. The van der Waals surface area contributed by atoms with Gasteiger partial charge in [0.05, 0.1) is 15.2 Å². The summed E-state index contributed by atoms with van der Waals surface area (Å²) in [7, 11) is 0. The third-order valence-corrected chi connectivity index (χ3v) is 7.63. The summed E-state index contributed by atoms with van der Waals surface area (Å²) in [6.07, 6.45) is 0. The Hall–Kier alpha value is -2.15. The number of nitrogens with zero attached hydrogens (tertiary/aromatic N) is 3. The highest BCUT2D eigenvalue weighted by molar-refractivity contribution is 7.22. The molecule has 0 radical (unpaired) electrons. The van der Waals surface area contributed by atoms with Gasteiger partial charge in [0.1, 0.15) is 0 Å². The third-order valence-electron chi connectivity index (χ3n) is 6.06. The van der Waals surface area contributed by atoms with Crippen LogP contribution in [0.4, 0.5) is 5.13 Å². The minimum Gasteiger partial charge on any atom is -0.351 e. The predicted octanol–water partition coefficient (Wildman–Crippen LogP) is 5.11. The Bertz CT molecular complexity index is 1060. The van der Waals surface area contributed by atoms with Crippen molar-refractivity contribution in [2.45, 2.75) is 33.1 Å². The zero-order valence-corrected chi connectivity index (χ0v) is 20.8. The maximum Gasteiger partial charge on any atom is 0.251 e. The van der Waals surface area contributed by atoms with E-state index in [1.54, 1.807) is 11.3 Å². The first kappa shape index (κ1) is 23.0. The van der Waals surface area contributed by atoms with Gasteiger partial charge in [-0.05, 0) is 41.7 Å². The molecule has 4 rings (SSSR count). The summed E-state index contributed by atoms with van der Waals surface area (Å²) in [5, 5.41) is 4.88. The topological polar surface area (TPSA) is 48.5 Å². The lowest BCUT2D eigenvalue weighted by atomic mass is 9.87. The van der Waals surface area contributed by atoms with E-state index in [2.05, 4.69) is 42.8 Å². The van der Waals surface area contributed by atoms with Crippen molar-refractivity contribution in [2.24, 2.45) is 0 Å². The molecule has 1 amide bonds. The first-order valence-corrected chi connectivity index (χ1v) is 12.3. The second-order valence-corrected chi connectivity index (χ2v) is 10.8. The number of benzene rings is 2.